The SMILES string of the molecule is C=CCNS(=O)(=O)c1ccc(C(=O)NC(c2ccccc2)c2ccc(C)cc2)cc1. The molecule has 0 fully saturated rings. The summed E-state index contributed by atoms with van der Waals surface area (Å²) < 4.78 is 26.8. The van der Waals surface area contributed by atoms with Gasteiger partial charge in [0.2, 0.25) is 10.0 Å². The summed E-state index contributed by atoms with van der Waals surface area (Å²) in [7, 11) is -3.63. The molecule has 1 amide bonds. The second-order valence-electron chi connectivity index (χ2n) is 6.89. The predicted molar refractivity (Wildman–Crippen MR) is 119 cm³/mol. The molecular weight excluding hydrogens is 396 g/mol. The van der Waals surface area contributed by atoms with Gasteiger partial charge in [0, 0.05) is 12.1 Å². The molecule has 3 rings (SSSR count). The third-order valence-corrected chi connectivity index (χ3v) is 6.10. The maximum Gasteiger partial charge on any atom is 0.252 e. The molecule has 1 atom stereocenters. The van der Waals surface area contributed by atoms with E-state index in [1.165, 1.54) is 30.3 Å². The lowest BCUT2D eigenvalue weighted by Crippen LogP contribution is -2.29. The maximum atomic E-state index is 12.9. The molecule has 1 unspecified atom stereocenters. The van der Waals surface area contributed by atoms with Gasteiger partial charge in [0.05, 0.1) is 10.9 Å². The molecule has 0 radical (unpaired) electrons. The number of carbonyl (C=O) groups is 1. The van der Waals surface area contributed by atoms with E-state index in [1.54, 1.807) is 0 Å². The van der Waals surface area contributed by atoms with Crippen LogP contribution in [0.25, 0.3) is 0 Å². The fraction of sp³-hybridized carbons (Fsp3) is 0.125. The molecule has 6 heteroatoms. The molecule has 3 aromatic carbocycles. The van der Waals surface area contributed by atoms with Gasteiger partial charge in [-0.15, -0.1) is 6.58 Å². The molecule has 5 nitrogen and oxygen atoms in total. The molecule has 30 heavy (non-hydrogen) atoms. The van der Waals surface area contributed by atoms with Gasteiger partial charge < -0.3 is 5.32 Å². The fourth-order valence-corrected chi connectivity index (χ4v) is 4.01. The number of amides is 1. The minimum absolute atomic E-state index is 0.0963. The first kappa shape index (κ1) is 21.5. The van der Waals surface area contributed by atoms with Gasteiger partial charge in [-0.1, -0.05) is 66.2 Å². The van der Waals surface area contributed by atoms with Crippen LogP contribution in [0.2, 0.25) is 0 Å². The Morgan fingerprint density at radius 2 is 1.53 bits per heavy atom. The quantitative estimate of drug-likeness (QED) is 0.541. The minimum Gasteiger partial charge on any atom is -0.341 e. The Morgan fingerprint density at radius 3 is 2.13 bits per heavy atom. The first-order valence-electron chi connectivity index (χ1n) is 9.54. The summed E-state index contributed by atoms with van der Waals surface area (Å²) in [4.78, 5) is 13.0. The van der Waals surface area contributed by atoms with Gasteiger partial charge in [-0.25, -0.2) is 13.1 Å². The summed E-state index contributed by atoms with van der Waals surface area (Å²) in [5.41, 5.74) is 3.44. The normalized spacial score (nSPS) is 12.2. The van der Waals surface area contributed by atoms with Crippen molar-refractivity contribution >= 4 is 15.9 Å². The largest absolute Gasteiger partial charge is 0.341 e. The number of rotatable bonds is 8. The van der Waals surface area contributed by atoms with Crippen molar-refractivity contribution in [1.82, 2.24) is 10.0 Å². The van der Waals surface area contributed by atoms with Crippen molar-refractivity contribution in [3.05, 3.63) is 114 Å². The monoisotopic (exact) mass is 420 g/mol. The molecule has 0 bridgehead atoms. The first-order chi connectivity index (χ1) is 14.4. The standard InChI is InChI=1S/C24H24N2O3S/c1-3-17-25-30(28,29)22-15-13-21(14-16-22)24(27)26-23(19-7-5-4-6-8-19)20-11-9-18(2)10-12-20/h3-16,23,25H,1,17H2,2H3,(H,26,27). The molecule has 0 aromatic heterocycles. The van der Waals surface area contributed by atoms with E-state index < -0.39 is 10.0 Å². The lowest BCUT2D eigenvalue weighted by atomic mass is 9.97. The first-order valence-corrected chi connectivity index (χ1v) is 11.0. The fourth-order valence-electron chi connectivity index (χ4n) is 3.02. The molecule has 2 N–H and O–H groups in total. The van der Waals surface area contributed by atoms with E-state index in [0.29, 0.717) is 5.56 Å². The van der Waals surface area contributed by atoms with Crippen molar-refractivity contribution in [2.45, 2.75) is 17.9 Å². The smallest absolute Gasteiger partial charge is 0.252 e. The minimum atomic E-state index is -3.63. The Balaban J connectivity index is 1.84. The number of sulfonamides is 1. The summed E-state index contributed by atoms with van der Waals surface area (Å²) in [5, 5.41) is 3.06. The zero-order chi connectivity index (χ0) is 21.6. The third-order valence-electron chi connectivity index (χ3n) is 4.66. The number of hydrogen-bond acceptors (Lipinski definition) is 3. The summed E-state index contributed by atoms with van der Waals surface area (Å²) in [6.07, 6.45) is 1.47. The highest BCUT2D eigenvalue weighted by Crippen LogP contribution is 2.23. The highest BCUT2D eigenvalue weighted by molar-refractivity contribution is 7.89. The molecule has 0 aliphatic rings. The van der Waals surface area contributed by atoms with Crippen LogP contribution >= 0.6 is 0 Å². The molecule has 0 spiro atoms. The Labute approximate surface area is 177 Å². The molecule has 0 aliphatic heterocycles. The van der Waals surface area contributed by atoms with Crippen LogP contribution in [0.15, 0.2) is 96.4 Å². The van der Waals surface area contributed by atoms with E-state index in [2.05, 4.69) is 16.6 Å². The highest BCUT2D eigenvalue weighted by atomic mass is 32.2. The summed E-state index contributed by atoms with van der Waals surface area (Å²) in [5.74, 6) is -0.285. The summed E-state index contributed by atoms with van der Waals surface area (Å²) in [6, 6.07) is 23.3. The van der Waals surface area contributed by atoms with Crippen LogP contribution in [0.5, 0.6) is 0 Å². The molecule has 0 aliphatic carbocycles. The molecular formula is C24H24N2O3S. The van der Waals surface area contributed by atoms with Crippen LogP contribution in [0.4, 0.5) is 0 Å². The highest BCUT2D eigenvalue weighted by Gasteiger charge is 2.19. The van der Waals surface area contributed by atoms with E-state index in [9.17, 15) is 13.2 Å². The molecule has 3 aromatic rings. The van der Waals surface area contributed by atoms with Gasteiger partial charge in [0.1, 0.15) is 0 Å². The van der Waals surface area contributed by atoms with Crippen molar-refractivity contribution in [2.24, 2.45) is 0 Å². The number of carbonyl (C=O) groups excluding carboxylic acids is 1. The van der Waals surface area contributed by atoms with Crippen molar-refractivity contribution < 1.29 is 13.2 Å². The van der Waals surface area contributed by atoms with Gasteiger partial charge in [0.15, 0.2) is 0 Å². The summed E-state index contributed by atoms with van der Waals surface area (Å²) >= 11 is 0. The van der Waals surface area contributed by atoms with E-state index in [0.717, 1.165) is 16.7 Å². The molecule has 0 saturated carbocycles. The average Bonchev–Trinajstić information content (AvgIpc) is 2.77. The van der Waals surface area contributed by atoms with E-state index in [-0.39, 0.29) is 23.4 Å². The lowest BCUT2D eigenvalue weighted by molar-refractivity contribution is 0.0943. The third kappa shape index (κ3) is 5.23. The van der Waals surface area contributed by atoms with Crippen molar-refractivity contribution in [2.75, 3.05) is 6.54 Å². The predicted octanol–water partition coefficient (Wildman–Crippen LogP) is 3.98. The van der Waals surface area contributed by atoms with Crippen LogP contribution in [0, 0.1) is 6.92 Å². The Bertz CT molecular complexity index is 1110. The second kappa shape index (κ2) is 9.52. The number of aryl methyl sites for hydroxylation is 1. The molecule has 0 heterocycles. The van der Waals surface area contributed by atoms with Gasteiger partial charge in [0.25, 0.3) is 5.91 Å². The average molecular weight is 421 g/mol. The molecule has 0 saturated heterocycles. The number of nitrogens with one attached hydrogen (secondary N) is 2. The second-order valence-corrected chi connectivity index (χ2v) is 8.66. The zero-order valence-electron chi connectivity index (χ0n) is 16.7. The van der Waals surface area contributed by atoms with E-state index >= 15 is 0 Å². The van der Waals surface area contributed by atoms with Gasteiger partial charge in [-0.05, 0) is 42.3 Å². The molecule has 154 valence electrons. The lowest BCUT2D eigenvalue weighted by Gasteiger charge is -2.20. The van der Waals surface area contributed by atoms with Crippen LogP contribution < -0.4 is 10.0 Å². The van der Waals surface area contributed by atoms with Crippen LogP contribution in [0.1, 0.15) is 33.1 Å². The zero-order valence-corrected chi connectivity index (χ0v) is 17.5. The van der Waals surface area contributed by atoms with Crippen LogP contribution in [0.3, 0.4) is 0 Å². The maximum absolute atomic E-state index is 12.9. The van der Waals surface area contributed by atoms with Gasteiger partial charge in [-0.3, -0.25) is 4.79 Å². The summed E-state index contributed by atoms with van der Waals surface area (Å²) in [6.45, 7) is 5.65. The topological polar surface area (TPSA) is 75.3 Å². The van der Waals surface area contributed by atoms with Crippen molar-refractivity contribution in [1.29, 1.82) is 0 Å². The van der Waals surface area contributed by atoms with Crippen molar-refractivity contribution in [3.63, 3.8) is 0 Å². The number of benzene rings is 3. The van der Waals surface area contributed by atoms with Gasteiger partial charge in [-0.2, -0.15) is 0 Å². The van der Waals surface area contributed by atoms with Crippen molar-refractivity contribution in [3.8, 4) is 0 Å². The van der Waals surface area contributed by atoms with E-state index in [1.807, 2.05) is 61.5 Å². The number of hydrogen-bond donors (Lipinski definition) is 2. The van der Waals surface area contributed by atoms with Crippen LogP contribution in [-0.4, -0.2) is 20.9 Å². The van der Waals surface area contributed by atoms with E-state index in [4.69, 9.17) is 0 Å². The van der Waals surface area contributed by atoms with Gasteiger partial charge >= 0.3 is 0 Å². The Morgan fingerprint density at radius 1 is 0.933 bits per heavy atom. The van der Waals surface area contributed by atoms with Crippen LogP contribution in [-0.2, 0) is 10.0 Å². The Hall–Kier alpha value is -3.22. The Kier molecular flexibility index (Phi) is 6.82.